The summed E-state index contributed by atoms with van der Waals surface area (Å²) in [4.78, 5) is 5.06. The molecule has 0 spiro atoms. The fraction of sp³-hybridized carbons (Fsp3) is 1.00. The first-order valence-electron chi connectivity index (χ1n) is 4.68. The Hall–Kier alpha value is -0.0800. The predicted molar refractivity (Wildman–Crippen MR) is 46.7 cm³/mol. The smallest absolute Gasteiger partial charge is 0.0223 e. The van der Waals surface area contributed by atoms with E-state index in [9.17, 15) is 0 Å². The van der Waals surface area contributed by atoms with Crippen molar-refractivity contribution in [2.75, 3.05) is 27.2 Å². The van der Waals surface area contributed by atoms with Gasteiger partial charge in [0.2, 0.25) is 0 Å². The lowest BCUT2D eigenvalue weighted by molar-refractivity contribution is 0.236. The molecule has 2 fully saturated rings. The fourth-order valence-corrected chi connectivity index (χ4v) is 2.48. The first-order chi connectivity index (χ1) is 5.27. The summed E-state index contributed by atoms with van der Waals surface area (Å²) in [7, 11) is 4.54. The van der Waals surface area contributed by atoms with Crippen molar-refractivity contribution in [3.63, 3.8) is 0 Å². The number of hydrogen-bond acceptors (Lipinski definition) is 2. The van der Waals surface area contributed by atoms with Gasteiger partial charge in [-0.1, -0.05) is 0 Å². The number of hydrogen-bond donors (Lipinski definition) is 0. The largest absolute Gasteiger partial charge is 0.305 e. The van der Waals surface area contributed by atoms with Gasteiger partial charge in [-0.2, -0.15) is 0 Å². The topological polar surface area (TPSA) is 6.48 Å². The van der Waals surface area contributed by atoms with E-state index in [1.807, 2.05) is 0 Å². The van der Waals surface area contributed by atoms with Crippen LogP contribution in [-0.2, 0) is 0 Å². The molecule has 2 rings (SSSR count). The zero-order valence-corrected chi connectivity index (χ0v) is 7.58. The fourth-order valence-electron chi connectivity index (χ4n) is 2.48. The van der Waals surface area contributed by atoms with Gasteiger partial charge in [-0.3, -0.25) is 4.90 Å². The number of rotatable bonds is 0. The number of likely N-dealkylation sites (tertiary alicyclic amines) is 1. The highest BCUT2D eigenvalue weighted by Crippen LogP contribution is 2.27. The van der Waals surface area contributed by atoms with Gasteiger partial charge >= 0.3 is 0 Å². The van der Waals surface area contributed by atoms with Crippen molar-refractivity contribution < 1.29 is 0 Å². The van der Waals surface area contributed by atoms with Crippen LogP contribution in [0.15, 0.2) is 0 Å². The van der Waals surface area contributed by atoms with E-state index in [1.54, 1.807) is 0 Å². The normalized spacial score (nSPS) is 40.9. The number of likely N-dealkylation sites (N-methyl/N-ethyl adjacent to an activating group) is 2. The Bertz CT molecular complexity index is 146. The summed E-state index contributed by atoms with van der Waals surface area (Å²) >= 11 is 0. The lowest BCUT2D eigenvalue weighted by atomic mass is 10.1. The van der Waals surface area contributed by atoms with Crippen LogP contribution in [0.25, 0.3) is 0 Å². The first-order valence-corrected chi connectivity index (χ1v) is 4.68. The molecule has 2 saturated heterocycles. The molecule has 2 heteroatoms. The standard InChI is InChI=1S/C9H18N2/c1-10-6-5-8-3-4-9(7-10)11(8)2/h8-9H,3-7H2,1-2H3/t8-,9-/m0/s1. The maximum absolute atomic E-state index is 2.59. The van der Waals surface area contributed by atoms with Crippen molar-refractivity contribution in [2.45, 2.75) is 31.3 Å². The van der Waals surface area contributed by atoms with Gasteiger partial charge in [0.05, 0.1) is 0 Å². The molecule has 11 heavy (non-hydrogen) atoms. The Kier molecular flexibility index (Phi) is 1.90. The Labute approximate surface area is 69.2 Å². The molecule has 2 heterocycles. The van der Waals surface area contributed by atoms with Gasteiger partial charge in [0.25, 0.3) is 0 Å². The van der Waals surface area contributed by atoms with Gasteiger partial charge in [0.1, 0.15) is 0 Å². The molecule has 2 aliphatic heterocycles. The minimum atomic E-state index is 0.854. The van der Waals surface area contributed by atoms with Crippen LogP contribution < -0.4 is 0 Å². The third-order valence-corrected chi connectivity index (χ3v) is 3.35. The molecule has 0 saturated carbocycles. The van der Waals surface area contributed by atoms with Crippen molar-refractivity contribution in [1.82, 2.24) is 9.80 Å². The molecular weight excluding hydrogens is 136 g/mol. The maximum atomic E-state index is 2.59. The molecule has 2 aliphatic rings. The van der Waals surface area contributed by atoms with Crippen LogP contribution in [0.5, 0.6) is 0 Å². The molecule has 0 radical (unpaired) electrons. The molecule has 2 nitrogen and oxygen atoms in total. The van der Waals surface area contributed by atoms with Crippen LogP contribution in [0.3, 0.4) is 0 Å². The summed E-state index contributed by atoms with van der Waals surface area (Å²) in [6.07, 6.45) is 4.24. The van der Waals surface area contributed by atoms with E-state index in [-0.39, 0.29) is 0 Å². The van der Waals surface area contributed by atoms with Gasteiger partial charge in [-0.25, -0.2) is 0 Å². The molecule has 0 N–H and O–H groups in total. The highest BCUT2D eigenvalue weighted by atomic mass is 15.3. The summed E-state index contributed by atoms with van der Waals surface area (Å²) in [6.45, 7) is 2.58. The molecule has 2 atom stereocenters. The summed E-state index contributed by atoms with van der Waals surface area (Å²) in [5.74, 6) is 0. The number of fused-ring (bicyclic) bond motifs is 2. The van der Waals surface area contributed by atoms with Crippen LogP contribution in [0.1, 0.15) is 19.3 Å². The molecule has 0 unspecified atom stereocenters. The Morgan fingerprint density at radius 1 is 1.00 bits per heavy atom. The minimum absolute atomic E-state index is 0.854. The monoisotopic (exact) mass is 154 g/mol. The van der Waals surface area contributed by atoms with Crippen LogP contribution >= 0.6 is 0 Å². The van der Waals surface area contributed by atoms with Gasteiger partial charge in [0, 0.05) is 18.6 Å². The Balaban J connectivity index is 2.07. The Morgan fingerprint density at radius 2 is 1.73 bits per heavy atom. The third-order valence-electron chi connectivity index (χ3n) is 3.35. The lowest BCUT2D eigenvalue weighted by Crippen LogP contribution is -2.35. The van der Waals surface area contributed by atoms with Gasteiger partial charge < -0.3 is 4.90 Å². The van der Waals surface area contributed by atoms with Crippen molar-refractivity contribution >= 4 is 0 Å². The zero-order chi connectivity index (χ0) is 7.84. The van der Waals surface area contributed by atoms with Crippen molar-refractivity contribution in [1.29, 1.82) is 0 Å². The molecule has 0 aromatic heterocycles. The highest BCUT2D eigenvalue weighted by molar-refractivity contribution is 4.90. The van der Waals surface area contributed by atoms with Crippen LogP contribution in [0.4, 0.5) is 0 Å². The molecule has 0 aromatic rings. The second-order valence-corrected chi connectivity index (χ2v) is 4.10. The van der Waals surface area contributed by atoms with E-state index >= 15 is 0 Å². The van der Waals surface area contributed by atoms with Crippen LogP contribution in [0, 0.1) is 0 Å². The minimum Gasteiger partial charge on any atom is -0.305 e. The van der Waals surface area contributed by atoms with Crippen LogP contribution in [-0.4, -0.2) is 49.1 Å². The molecule has 0 amide bonds. The van der Waals surface area contributed by atoms with Crippen molar-refractivity contribution in [3.8, 4) is 0 Å². The van der Waals surface area contributed by atoms with E-state index in [2.05, 4.69) is 23.9 Å². The molecule has 0 aliphatic carbocycles. The van der Waals surface area contributed by atoms with Crippen LogP contribution in [0.2, 0.25) is 0 Å². The van der Waals surface area contributed by atoms with E-state index < -0.39 is 0 Å². The third kappa shape index (κ3) is 1.30. The highest BCUT2D eigenvalue weighted by Gasteiger charge is 2.33. The SMILES string of the molecule is CN1CC[C@@H]2CC[C@@H](C1)N2C. The van der Waals surface area contributed by atoms with Crippen molar-refractivity contribution in [3.05, 3.63) is 0 Å². The molecular formula is C9H18N2. The second-order valence-electron chi connectivity index (χ2n) is 4.10. The Morgan fingerprint density at radius 3 is 2.55 bits per heavy atom. The van der Waals surface area contributed by atoms with E-state index in [4.69, 9.17) is 0 Å². The van der Waals surface area contributed by atoms with E-state index in [0.29, 0.717) is 0 Å². The van der Waals surface area contributed by atoms with E-state index in [0.717, 1.165) is 12.1 Å². The van der Waals surface area contributed by atoms with E-state index in [1.165, 1.54) is 32.4 Å². The average molecular weight is 154 g/mol. The summed E-state index contributed by atoms with van der Waals surface area (Å²) in [5, 5.41) is 0. The van der Waals surface area contributed by atoms with Gasteiger partial charge in [-0.15, -0.1) is 0 Å². The molecule has 2 bridgehead atoms. The van der Waals surface area contributed by atoms with Gasteiger partial charge in [0.15, 0.2) is 0 Å². The summed E-state index contributed by atoms with van der Waals surface area (Å²) in [6, 6.07) is 1.75. The molecule has 64 valence electrons. The lowest BCUT2D eigenvalue weighted by Gasteiger charge is -2.22. The molecule has 0 aromatic carbocycles. The summed E-state index contributed by atoms with van der Waals surface area (Å²) < 4.78 is 0. The van der Waals surface area contributed by atoms with Gasteiger partial charge in [-0.05, 0) is 39.9 Å². The zero-order valence-electron chi connectivity index (χ0n) is 7.58. The first kappa shape index (κ1) is 7.56. The maximum Gasteiger partial charge on any atom is 0.0223 e. The van der Waals surface area contributed by atoms with Crippen molar-refractivity contribution in [2.24, 2.45) is 0 Å². The average Bonchev–Trinajstić information content (AvgIpc) is 2.20. The second kappa shape index (κ2) is 2.76. The summed E-state index contributed by atoms with van der Waals surface area (Å²) in [5.41, 5.74) is 0. The predicted octanol–water partition coefficient (Wildman–Crippen LogP) is 0.785. The quantitative estimate of drug-likeness (QED) is 0.509. The number of nitrogens with zero attached hydrogens (tertiary/aromatic N) is 2.